The van der Waals surface area contributed by atoms with Gasteiger partial charge >= 0.3 is 11.9 Å². The lowest BCUT2D eigenvalue weighted by Gasteiger charge is -2.29. The molecule has 1 aromatic carbocycles. The maximum absolute atomic E-state index is 12.4. The molecule has 0 amide bonds. The van der Waals surface area contributed by atoms with Gasteiger partial charge in [-0.15, -0.1) is 0 Å². The molecule has 132 valence electrons. The van der Waals surface area contributed by atoms with Gasteiger partial charge in [0, 0.05) is 22.8 Å². The van der Waals surface area contributed by atoms with Crippen molar-refractivity contribution in [3.8, 4) is 0 Å². The lowest BCUT2D eigenvalue weighted by Crippen LogP contribution is -2.26. The Kier molecular flexibility index (Phi) is 5.36. The lowest BCUT2D eigenvalue weighted by molar-refractivity contribution is -0.385. The third-order valence-corrected chi connectivity index (χ3v) is 4.28. The Hall–Kier alpha value is -2.96. The molecule has 1 aromatic rings. The topological polar surface area (TPSA) is 95.7 Å². The molecule has 0 unspecified atom stereocenters. The van der Waals surface area contributed by atoms with Crippen LogP contribution in [0.25, 0.3) is 0 Å². The Morgan fingerprint density at radius 3 is 1.96 bits per heavy atom. The van der Waals surface area contributed by atoms with Crippen LogP contribution in [-0.2, 0) is 19.1 Å². The van der Waals surface area contributed by atoms with E-state index >= 15 is 0 Å². The van der Waals surface area contributed by atoms with Crippen LogP contribution in [0.2, 0.25) is 0 Å². The van der Waals surface area contributed by atoms with E-state index in [4.69, 9.17) is 9.47 Å². The molecule has 0 bridgehead atoms. The van der Waals surface area contributed by atoms with Gasteiger partial charge in [-0.25, -0.2) is 9.59 Å². The molecule has 7 heteroatoms. The highest BCUT2D eigenvalue weighted by Crippen LogP contribution is 2.45. The minimum atomic E-state index is -0.907. The molecule has 0 N–H and O–H groups in total. The van der Waals surface area contributed by atoms with Crippen LogP contribution in [0.1, 0.15) is 31.7 Å². The summed E-state index contributed by atoms with van der Waals surface area (Å²) in [5, 5.41) is 11.5. The van der Waals surface area contributed by atoms with E-state index in [-0.39, 0.29) is 22.4 Å². The van der Waals surface area contributed by atoms with Gasteiger partial charge in [-0.1, -0.05) is 29.3 Å². The molecule has 0 fully saturated rings. The molecule has 0 radical (unpaired) electrons. The average molecular weight is 345 g/mol. The summed E-state index contributed by atoms with van der Waals surface area (Å²) in [5.74, 6) is -2.14. The van der Waals surface area contributed by atoms with E-state index in [1.807, 2.05) is 0 Å². The molecule has 0 heterocycles. The minimum absolute atomic E-state index is 0.169. The van der Waals surface area contributed by atoms with Gasteiger partial charge < -0.3 is 9.47 Å². The van der Waals surface area contributed by atoms with E-state index < -0.39 is 22.8 Å². The van der Waals surface area contributed by atoms with Gasteiger partial charge in [0.15, 0.2) is 0 Å². The molecule has 0 saturated heterocycles. The van der Waals surface area contributed by atoms with E-state index in [1.54, 1.807) is 26.0 Å². The van der Waals surface area contributed by atoms with E-state index in [0.717, 1.165) is 0 Å². The monoisotopic (exact) mass is 345 g/mol. The number of rotatable bonds is 4. The molecule has 2 rings (SSSR count). The number of benzene rings is 1. The summed E-state index contributed by atoms with van der Waals surface area (Å²) >= 11 is 0. The first-order chi connectivity index (χ1) is 11.8. The Labute approximate surface area is 145 Å². The van der Waals surface area contributed by atoms with Gasteiger partial charge in [-0.3, -0.25) is 10.1 Å². The quantitative estimate of drug-likeness (QED) is 0.473. The number of nitrogens with zero attached hydrogens (tertiary/aromatic N) is 1. The minimum Gasteiger partial charge on any atom is -0.466 e. The first-order valence-corrected chi connectivity index (χ1v) is 7.62. The molecule has 25 heavy (non-hydrogen) atoms. The standard InChI is InChI=1S/C18H19NO6/c1-10-9-11(2)15(18(21)25-4)16(14(10)17(20)24-3)12-7-5-6-8-13(12)19(22)23/h5-8,16H,9H2,1-4H3. The van der Waals surface area contributed by atoms with Gasteiger partial charge in [0.1, 0.15) is 0 Å². The molecule has 0 saturated carbocycles. The number of methoxy groups -OCH3 is 2. The molecule has 0 aromatic heterocycles. The van der Waals surface area contributed by atoms with Crippen molar-refractivity contribution in [2.45, 2.75) is 26.2 Å². The first-order valence-electron chi connectivity index (χ1n) is 7.62. The molecule has 7 nitrogen and oxygen atoms in total. The maximum atomic E-state index is 12.4. The molecular weight excluding hydrogens is 326 g/mol. The highest BCUT2D eigenvalue weighted by molar-refractivity contribution is 6.00. The second-order valence-electron chi connectivity index (χ2n) is 5.80. The summed E-state index contributed by atoms with van der Waals surface area (Å²) in [4.78, 5) is 35.7. The number of carbonyl (C=O) groups excluding carboxylic acids is 2. The molecule has 1 aliphatic carbocycles. The molecular formula is C18H19NO6. The van der Waals surface area contributed by atoms with Gasteiger partial charge in [0.05, 0.1) is 25.1 Å². The smallest absolute Gasteiger partial charge is 0.334 e. The largest absolute Gasteiger partial charge is 0.466 e. The van der Waals surface area contributed by atoms with Crippen LogP contribution in [-0.4, -0.2) is 31.1 Å². The zero-order valence-corrected chi connectivity index (χ0v) is 14.5. The number of hydrogen-bond donors (Lipinski definition) is 0. The molecule has 1 aliphatic rings. The highest BCUT2D eigenvalue weighted by atomic mass is 16.6. The summed E-state index contributed by atoms with van der Waals surface area (Å²) in [6.45, 7) is 3.51. The van der Waals surface area contributed by atoms with Crippen molar-refractivity contribution in [2.24, 2.45) is 0 Å². The normalized spacial score (nSPS) is 15.2. The fraction of sp³-hybridized carbons (Fsp3) is 0.333. The maximum Gasteiger partial charge on any atom is 0.334 e. The van der Waals surface area contributed by atoms with E-state index in [1.165, 1.54) is 26.4 Å². The lowest BCUT2D eigenvalue weighted by atomic mass is 9.74. The van der Waals surface area contributed by atoms with Crippen LogP contribution < -0.4 is 0 Å². The zero-order chi connectivity index (χ0) is 18.7. The van der Waals surface area contributed by atoms with Crippen molar-refractivity contribution < 1.29 is 24.0 Å². The van der Waals surface area contributed by atoms with Gasteiger partial charge in [-0.05, 0) is 20.3 Å². The number of allylic oxidation sites excluding steroid dienone is 2. The Morgan fingerprint density at radius 2 is 1.52 bits per heavy atom. The van der Waals surface area contributed by atoms with Crippen LogP contribution in [0.4, 0.5) is 5.69 Å². The van der Waals surface area contributed by atoms with E-state index in [0.29, 0.717) is 17.6 Å². The predicted octanol–water partition coefficient (Wildman–Crippen LogP) is 3.06. The molecule has 0 atom stereocenters. The number of para-hydroxylation sites is 1. The van der Waals surface area contributed by atoms with Gasteiger partial charge in [-0.2, -0.15) is 0 Å². The number of nitro groups is 1. The van der Waals surface area contributed by atoms with Crippen molar-refractivity contribution in [1.29, 1.82) is 0 Å². The van der Waals surface area contributed by atoms with Crippen molar-refractivity contribution in [3.63, 3.8) is 0 Å². The van der Waals surface area contributed by atoms with E-state index in [2.05, 4.69) is 0 Å². The zero-order valence-electron chi connectivity index (χ0n) is 14.5. The van der Waals surface area contributed by atoms with E-state index in [9.17, 15) is 19.7 Å². The number of carbonyl (C=O) groups is 2. The third-order valence-electron chi connectivity index (χ3n) is 4.28. The van der Waals surface area contributed by atoms with Crippen molar-refractivity contribution >= 4 is 17.6 Å². The Bertz CT molecular complexity index is 768. The van der Waals surface area contributed by atoms with Crippen LogP contribution in [0.15, 0.2) is 46.6 Å². The van der Waals surface area contributed by atoms with Gasteiger partial charge in [0.25, 0.3) is 5.69 Å². The Balaban J connectivity index is 2.80. The molecule has 0 spiro atoms. The predicted molar refractivity (Wildman–Crippen MR) is 89.9 cm³/mol. The molecule has 0 aliphatic heterocycles. The van der Waals surface area contributed by atoms with Crippen LogP contribution >= 0.6 is 0 Å². The second kappa shape index (κ2) is 7.29. The fourth-order valence-corrected chi connectivity index (χ4v) is 3.24. The number of esters is 2. The summed E-state index contributed by atoms with van der Waals surface area (Å²) < 4.78 is 9.74. The van der Waals surface area contributed by atoms with Crippen molar-refractivity contribution in [1.82, 2.24) is 0 Å². The fourth-order valence-electron chi connectivity index (χ4n) is 3.24. The summed E-state index contributed by atoms with van der Waals surface area (Å²) in [6.07, 6.45) is 0.395. The number of hydrogen-bond acceptors (Lipinski definition) is 6. The SMILES string of the molecule is COC(=O)C1=C(C)CC(C)=C(C(=O)OC)C1c1ccccc1[N+](=O)[O-]. The second-order valence-corrected chi connectivity index (χ2v) is 5.80. The van der Waals surface area contributed by atoms with Crippen molar-refractivity contribution in [2.75, 3.05) is 14.2 Å². The third kappa shape index (κ3) is 3.31. The van der Waals surface area contributed by atoms with Crippen molar-refractivity contribution in [3.05, 3.63) is 62.2 Å². The highest BCUT2D eigenvalue weighted by Gasteiger charge is 2.39. The van der Waals surface area contributed by atoms with Crippen LogP contribution in [0.5, 0.6) is 0 Å². The first kappa shape index (κ1) is 18.4. The Morgan fingerprint density at radius 1 is 1.04 bits per heavy atom. The van der Waals surface area contributed by atoms with Crippen LogP contribution in [0, 0.1) is 10.1 Å². The summed E-state index contributed by atoms with van der Waals surface area (Å²) in [7, 11) is 2.48. The number of nitro benzene ring substituents is 1. The van der Waals surface area contributed by atoms with Crippen LogP contribution in [0.3, 0.4) is 0 Å². The average Bonchev–Trinajstić information content (AvgIpc) is 2.59. The summed E-state index contributed by atoms with van der Waals surface area (Å²) in [6, 6.07) is 6.05. The number of ether oxygens (including phenoxy) is 2. The summed E-state index contributed by atoms with van der Waals surface area (Å²) in [5.41, 5.74) is 1.98. The van der Waals surface area contributed by atoms with Gasteiger partial charge in [0.2, 0.25) is 0 Å².